The van der Waals surface area contributed by atoms with Crippen LogP contribution in [0.2, 0.25) is 0 Å². The smallest absolute Gasteiger partial charge is 0.361 e. The Kier molecular flexibility index (Phi) is 61.6. The van der Waals surface area contributed by atoms with E-state index in [1.54, 1.807) is 0 Å². The van der Waals surface area contributed by atoms with Crippen LogP contribution in [-0.4, -0.2) is 87.4 Å². The number of hydrogen-bond donors (Lipinski definition) is 1. The van der Waals surface area contributed by atoms with Gasteiger partial charge in [0, 0.05) is 12.8 Å². The quantitative estimate of drug-likeness (QED) is 0.0211. The van der Waals surface area contributed by atoms with Crippen LogP contribution in [0.3, 0.4) is 0 Å². The first-order valence-corrected chi connectivity index (χ1v) is 35.2. The number of allylic oxidation sites excluding steroid dienone is 6. The van der Waals surface area contributed by atoms with Crippen LogP contribution in [0, 0.1) is 0 Å². The molecule has 0 aromatic carbocycles. The molecule has 0 spiro atoms. The molecule has 0 heterocycles. The average Bonchev–Trinajstić information content (AvgIpc) is 3.44. The fourth-order valence-electron chi connectivity index (χ4n) is 10.5. The third-order valence-electron chi connectivity index (χ3n) is 15.9. The van der Waals surface area contributed by atoms with Crippen LogP contribution in [0.5, 0.6) is 0 Å². The fraction of sp³-hybridized carbons (Fsp3) is 0.875. The highest BCUT2D eigenvalue weighted by Gasteiger charge is 2.25. The zero-order chi connectivity index (χ0) is 59.1. The molecule has 0 radical (unpaired) electrons. The lowest BCUT2D eigenvalue weighted by molar-refractivity contribution is -0.870. The van der Waals surface area contributed by atoms with E-state index in [0.29, 0.717) is 17.4 Å². The van der Waals surface area contributed by atoms with Crippen LogP contribution in [0.25, 0.3) is 0 Å². The molecule has 0 aliphatic rings. The lowest BCUT2D eigenvalue weighted by atomic mass is 10.0. The molecule has 476 valence electrons. The zero-order valence-electron chi connectivity index (χ0n) is 54.5. The third-order valence-corrected chi connectivity index (χ3v) is 15.9. The van der Waals surface area contributed by atoms with E-state index < -0.39 is 18.4 Å². The minimum atomic E-state index is -1.51. The van der Waals surface area contributed by atoms with E-state index in [2.05, 4.69) is 50.3 Å². The fourth-order valence-corrected chi connectivity index (χ4v) is 10.5. The number of rotatable bonds is 66. The molecule has 0 aromatic rings. The van der Waals surface area contributed by atoms with Crippen molar-refractivity contribution >= 4 is 17.9 Å². The van der Waals surface area contributed by atoms with Crippen molar-refractivity contribution < 1.29 is 42.9 Å². The van der Waals surface area contributed by atoms with Gasteiger partial charge in [-0.15, -0.1) is 0 Å². The maximum Gasteiger partial charge on any atom is 0.361 e. The van der Waals surface area contributed by atoms with Crippen LogP contribution in [0.4, 0.5) is 0 Å². The van der Waals surface area contributed by atoms with Crippen LogP contribution >= 0.6 is 0 Å². The minimum absolute atomic E-state index is 0.177. The molecular weight excluding hydrogens is 1010 g/mol. The maximum absolute atomic E-state index is 12.9. The highest BCUT2D eigenvalue weighted by Crippen LogP contribution is 2.18. The number of carbonyl (C=O) groups excluding carboxylic acids is 2. The number of unbranched alkanes of at least 4 members (excludes halogenated alkanes) is 45. The van der Waals surface area contributed by atoms with Gasteiger partial charge in [-0.25, -0.2) is 4.79 Å². The Balaban J connectivity index is 4.05. The maximum atomic E-state index is 12.9. The van der Waals surface area contributed by atoms with Gasteiger partial charge in [0.2, 0.25) is 0 Å². The molecule has 0 bridgehead atoms. The standard InChI is InChI=1S/C72H135NO8/c1-6-8-10-12-14-16-18-20-22-24-26-28-30-31-32-33-34-35-36-37-38-39-41-43-45-47-49-51-53-55-57-59-61-63-70(75)81-68(67-80-72(71(76)77)78-65-64-73(3,4)5)66-79-69(74)62-60-58-56-54-52-50-48-46-44-42-40-29-27-25-23-21-19-17-15-13-11-9-7-2/h18,20,24-27,68,72H,6-17,19,21-23,28-67H2,1-5H3/p+1/b20-18-,26-24-,27-25-. The molecule has 9 heteroatoms. The summed E-state index contributed by atoms with van der Waals surface area (Å²) in [4.78, 5) is 37.6. The average molecular weight is 1140 g/mol. The van der Waals surface area contributed by atoms with Crippen molar-refractivity contribution in [2.75, 3.05) is 47.5 Å². The van der Waals surface area contributed by atoms with Gasteiger partial charge in [-0.2, -0.15) is 0 Å². The Morgan fingerprint density at radius 2 is 0.667 bits per heavy atom. The Hall–Kier alpha value is -2.49. The summed E-state index contributed by atoms with van der Waals surface area (Å²) in [7, 11) is 5.99. The number of aliphatic carboxylic acids is 1. The van der Waals surface area contributed by atoms with Crippen molar-refractivity contribution in [2.24, 2.45) is 0 Å². The van der Waals surface area contributed by atoms with Gasteiger partial charge in [-0.05, 0) is 70.6 Å². The van der Waals surface area contributed by atoms with Crippen molar-refractivity contribution in [1.82, 2.24) is 0 Å². The number of nitrogens with zero attached hydrogens (tertiary/aromatic N) is 1. The largest absolute Gasteiger partial charge is 0.477 e. The van der Waals surface area contributed by atoms with Crippen LogP contribution < -0.4 is 0 Å². The van der Waals surface area contributed by atoms with Gasteiger partial charge in [0.05, 0.1) is 34.4 Å². The van der Waals surface area contributed by atoms with Crippen molar-refractivity contribution in [2.45, 2.75) is 360 Å². The van der Waals surface area contributed by atoms with Crippen molar-refractivity contribution in [3.05, 3.63) is 36.5 Å². The molecule has 81 heavy (non-hydrogen) atoms. The Morgan fingerprint density at radius 3 is 0.988 bits per heavy atom. The second-order valence-corrected chi connectivity index (χ2v) is 25.2. The van der Waals surface area contributed by atoms with Gasteiger partial charge in [-0.1, -0.05) is 301 Å². The minimum Gasteiger partial charge on any atom is -0.477 e. The molecule has 2 unspecified atom stereocenters. The van der Waals surface area contributed by atoms with E-state index in [-0.39, 0.29) is 38.2 Å². The zero-order valence-corrected chi connectivity index (χ0v) is 54.5. The number of hydrogen-bond acceptors (Lipinski definition) is 7. The van der Waals surface area contributed by atoms with Gasteiger partial charge in [-0.3, -0.25) is 9.59 Å². The number of likely N-dealkylation sites (N-methyl/N-ethyl adjacent to an activating group) is 1. The summed E-state index contributed by atoms with van der Waals surface area (Å²) in [5.41, 5.74) is 0. The van der Waals surface area contributed by atoms with E-state index in [9.17, 15) is 19.5 Å². The lowest BCUT2D eigenvalue weighted by Crippen LogP contribution is -2.40. The van der Waals surface area contributed by atoms with E-state index in [0.717, 1.165) is 44.9 Å². The SMILES string of the molecule is CCCCCCC/C=C\C/C=C\CCCCCCCCCCCCCCCCCCCCCCCC(=O)OC(COC(=O)CCCCCCCCCCCCC/C=C\CCCCCCCCCC)COC(OCC[N+](C)(C)C)C(=O)O. The molecular formula is C72H136NO8+. The number of quaternary nitrogens is 1. The summed E-state index contributed by atoms with van der Waals surface area (Å²) in [6.07, 6.45) is 76.9. The van der Waals surface area contributed by atoms with E-state index in [4.69, 9.17) is 18.9 Å². The summed E-state index contributed by atoms with van der Waals surface area (Å²) in [6, 6.07) is 0. The first-order valence-electron chi connectivity index (χ1n) is 35.2. The second-order valence-electron chi connectivity index (χ2n) is 25.2. The summed E-state index contributed by atoms with van der Waals surface area (Å²) in [6.45, 7) is 4.93. The first kappa shape index (κ1) is 78.5. The van der Waals surface area contributed by atoms with Crippen molar-refractivity contribution in [3.63, 3.8) is 0 Å². The van der Waals surface area contributed by atoms with Gasteiger partial charge >= 0.3 is 17.9 Å². The Labute approximate surface area is 502 Å². The molecule has 0 rings (SSSR count). The van der Waals surface area contributed by atoms with Gasteiger partial charge < -0.3 is 28.5 Å². The van der Waals surface area contributed by atoms with E-state index in [1.807, 2.05) is 21.1 Å². The molecule has 0 saturated carbocycles. The second kappa shape index (κ2) is 63.5. The molecule has 9 nitrogen and oxygen atoms in total. The number of carboxylic acid groups (broad SMARTS) is 1. The van der Waals surface area contributed by atoms with Gasteiger partial charge in [0.15, 0.2) is 6.10 Å². The van der Waals surface area contributed by atoms with E-state index >= 15 is 0 Å². The Morgan fingerprint density at radius 1 is 0.370 bits per heavy atom. The van der Waals surface area contributed by atoms with Crippen molar-refractivity contribution in [3.8, 4) is 0 Å². The molecule has 2 atom stereocenters. The highest BCUT2D eigenvalue weighted by molar-refractivity contribution is 5.71. The molecule has 0 saturated heterocycles. The lowest BCUT2D eigenvalue weighted by Gasteiger charge is -2.25. The van der Waals surface area contributed by atoms with Gasteiger partial charge in [0.25, 0.3) is 6.29 Å². The predicted molar refractivity (Wildman–Crippen MR) is 346 cm³/mol. The number of carbonyl (C=O) groups is 3. The van der Waals surface area contributed by atoms with Crippen LogP contribution in [-0.2, 0) is 33.3 Å². The summed E-state index contributed by atoms with van der Waals surface area (Å²) < 4.78 is 23.0. The van der Waals surface area contributed by atoms with Gasteiger partial charge in [0.1, 0.15) is 13.2 Å². The number of esters is 2. The van der Waals surface area contributed by atoms with E-state index in [1.165, 1.54) is 276 Å². The molecule has 0 aliphatic carbocycles. The topological polar surface area (TPSA) is 108 Å². The third kappa shape index (κ3) is 64.9. The molecule has 0 aromatic heterocycles. The molecule has 0 fully saturated rings. The summed E-state index contributed by atoms with van der Waals surface area (Å²) in [5, 5.41) is 9.74. The summed E-state index contributed by atoms with van der Waals surface area (Å²) >= 11 is 0. The highest BCUT2D eigenvalue weighted by atomic mass is 16.7. The monoisotopic (exact) mass is 1140 g/mol. The molecule has 0 amide bonds. The van der Waals surface area contributed by atoms with Crippen LogP contribution in [0.15, 0.2) is 36.5 Å². The van der Waals surface area contributed by atoms with Crippen LogP contribution in [0.1, 0.15) is 348 Å². The Bertz CT molecular complexity index is 1420. The molecule has 1 N–H and O–H groups in total. The summed E-state index contributed by atoms with van der Waals surface area (Å²) in [5.74, 6) is -1.98. The molecule has 0 aliphatic heterocycles. The number of ether oxygens (including phenoxy) is 4. The normalized spacial score (nSPS) is 12.9. The predicted octanol–water partition coefficient (Wildman–Crippen LogP) is 21.6. The van der Waals surface area contributed by atoms with Crippen molar-refractivity contribution in [1.29, 1.82) is 0 Å². The number of carboxylic acids is 1. The first-order chi connectivity index (χ1) is 39.6.